The molecular weight excluding hydrogens is 1850 g/mol. The zero-order valence-corrected chi connectivity index (χ0v) is 47.3. The van der Waals surface area contributed by atoms with Crippen LogP contribution in [0.4, 0.5) is 0 Å². The summed E-state index contributed by atoms with van der Waals surface area (Å²) in [5.41, 5.74) is -3.34. The molecule has 2 heterocycles. The molecule has 2 saturated heterocycles. The Kier molecular flexibility index (Phi) is 41.7. The van der Waals surface area contributed by atoms with Gasteiger partial charge in [-0.05, 0) is 0 Å². The predicted octanol–water partition coefficient (Wildman–Crippen LogP) is -6.71. The van der Waals surface area contributed by atoms with Crippen molar-refractivity contribution in [3.05, 3.63) is 0 Å². The summed E-state index contributed by atoms with van der Waals surface area (Å²) in [5, 5.41) is 0. The van der Waals surface area contributed by atoms with Crippen LogP contribution in [0.5, 0.6) is 0 Å². The maximum atomic E-state index is 11.8. The largest absolute Gasteiger partial charge is 0.397 e. The van der Waals surface area contributed by atoms with Crippen LogP contribution in [0, 0.1) is 0 Å². The molecule has 2 aliphatic rings. The van der Waals surface area contributed by atoms with E-state index in [1.807, 2.05) is 0 Å². The number of ether oxygens (including phenoxy) is 3. The molecule has 51 heteroatoms. The molecule has 0 aromatic rings. The van der Waals surface area contributed by atoms with E-state index in [2.05, 4.69) is 33.5 Å². The smallest absolute Gasteiger partial charge is 0.375 e. The van der Waals surface area contributed by atoms with Gasteiger partial charge in [-0.2, -0.15) is 67.3 Å². The maximum Gasteiger partial charge on any atom is 0.397 e. The molecule has 2 aliphatic heterocycles. The molecule has 65 heavy (non-hydrogen) atoms. The second-order valence-electron chi connectivity index (χ2n) is 10.5. The van der Waals surface area contributed by atoms with Crippen molar-refractivity contribution in [1.29, 1.82) is 0 Å². The topological polar surface area (TPSA) is 536 Å². The molecule has 9 atom stereocenters. The Balaban J connectivity index is -0.000000841. The quantitative estimate of drug-likeness (QED) is 0.0348. The zero-order chi connectivity index (χ0) is 44.4. The Morgan fingerprint density at radius 1 is 0.354 bits per heavy atom. The monoisotopic (exact) mass is 1870 g/mol. The average molecular weight is 1870 g/mol. The van der Waals surface area contributed by atoms with Gasteiger partial charge in [0.15, 0.2) is 0 Å². The van der Waals surface area contributed by atoms with Crippen molar-refractivity contribution in [3.63, 3.8) is 0 Å². The minimum absolute atomic E-state index is 0. The van der Waals surface area contributed by atoms with E-state index in [0.29, 0.717) is 0 Å². The van der Waals surface area contributed by atoms with Gasteiger partial charge < -0.3 is 14.2 Å². The molecule has 0 aromatic carbocycles. The fourth-order valence-corrected chi connectivity index (χ4v) is 8.25. The number of hydrogen-bond donors (Lipinski definition) is 8. The molecular formula is C14H26Ag8O35S8. The minimum atomic E-state index is -6.01. The Bertz CT molecular complexity index is 2350. The van der Waals surface area contributed by atoms with E-state index in [1.165, 1.54) is 0 Å². The van der Waals surface area contributed by atoms with Crippen molar-refractivity contribution in [3.8, 4) is 0 Å². The van der Waals surface area contributed by atoms with Crippen molar-refractivity contribution in [1.82, 2.24) is 0 Å². The molecule has 8 radical (unpaired) electrons. The molecule has 2 fully saturated rings. The van der Waals surface area contributed by atoms with Crippen molar-refractivity contribution in [2.75, 3.05) is 33.0 Å². The van der Waals surface area contributed by atoms with Crippen molar-refractivity contribution < 1.29 is 330 Å². The first-order valence-corrected chi connectivity index (χ1v) is 24.1. The van der Waals surface area contributed by atoms with E-state index in [9.17, 15) is 94.7 Å². The zero-order valence-electron chi connectivity index (χ0n) is 28.9. The predicted molar refractivity (Wildman–Crippen MR) is 162 cm³/mol. The summed E-state index contributed by atoms with van der Waals surface area (Å²) in [5.74, 6) is 0. The van der Waals surface area contributed by atoms with Gasteiger partial charge in [0.05, 0.1) is 26.4 Å². The van der Waals surface area contributed by atoms with Crippen molar-refractivity contribution in [2.45, 2.75) is 54.4 Å². The second-order valence-corrected chi connectivity index (χ2v) is 19.0. The molecule has 2 rings (SSSR count). The first kappa shape index (κ1) is 83.7. The summed E-state index contributed by atoms with van der Waals surface area (Å²) in [4.78, 5) is 0. The van der Waals surface area contributed by atoms with Crippen molar-refractivity contribution in [2.24, 2.45) is 0 Å². The van der Waals surface area contributed by atoms with Crippen LogP contribution in [0.15, 0.2) is 0 Å². The van der Waals surface area contributed by atoms with E-state index in [0.717, 1.165) is 0 Å². The Morgan fingerprint density at radius 3 is 1.00 bits per heavy atom. The van der Waals surface area contributed by atoms with Gasteiger partial charge in [-0.1, -0.05) is 0 Å². The van der Waals surface area contributed by atoms with Gasteiger partial charge >= 0.3 is 83.2 Å². The van der Waals surface area contributed by atoms with Gasteiger partial charge in [-0.25, -0.2) is 33.5 Å². The van der Waals surface area contributed by atoms with Crippen LogP contribution in [0.3, 0.4) is 0 Å². The molecule has 0 amide bonds. The van der Waals surface area contributed by atoms with Gasteiger partial charge in [0.2, 0.25) is 0 Å². The fourth-order valence-electron chi connectivity index (χ4n) is 4.71. The Hall–Kier alpha value is 4.76. The van der Waals surface area contributed by atoms with Crippen LogP contribution in [-0.4, -0.2) is 191 Å². The first-order valence-electron chi connectivity index (χ1n) is 13.2. The van der Waals surface area contributed by atoms with Gasteiger partial charge in [-0.3, -0.25) is 36.4 Å². The third-order valence-corrected chi connectivity index (χ3v) is 9.89. The van der Waals surface area contributed by atoms with E-state index >= 15 is 0 Å². The third kappa shape index (κ3) is 34.1. The van der Waals surface area contributed by atoms with E-state index < -0.39 is 171 Å². The molecule has 0 bridgehead atoms. The summed E-state index contributed by atoms with van der Waals surface area (Å²) >= 11 is 0. The second kappa shape index (κ2) is 32.4. The van der Waals surface area contributed by atoms with Crippen LogP contribution >= 0.6 is 0 Å². The van der Waals surface area contributed by atoms with E-state index in [1.54, 1.807) is 0 Å². The van der Waals surface area contributed by atoms with Crippen molar-refractivity contribution >= 4 is 83.2 Å². The van der Waals surface area contributed by atoms with Crippen LogP contribution < -0.4 is 0 Å². The van der Waals surface area contributed by atoms with Gasteiger partial charge in [-0.15, -0.1) is 0 Å². The number of rotatable bonds is 23. The summed E-state index contributed by atoms with van der Waals surface area (Å²) in [6.45, 7) is -8.82. The van der Waals surface area contributed by atoms with Gasteiger partial charge in [0.25, 0.3) is 0 Å². The fraction of sp³-hybridized carbons (Fsp3) is 1.00. The first-order chi connectivity index (χ1) is 25.2. The third-order valence-electron chi connectivity index (χ3n) is 6.30. The standard InChI is InChI=1S/C14H26O35S8.8Ag/c15-50(16,17)40-2-7-10(46-54(27,28)29)12(48-56(33,34)35)9(45-53(24,25)26)6(43-7)1-39-4-14(5-42-52(21,22)23)13(49-57(36,37)38)11(47-55(30,31)32)8(44-14)3-41-51(18,19)20;;;;;;;;/h6-13H,1-5H2,(H,15,16,17)(H,18,19,20)(H,21,22,23)(H,24,25,26)(H,27,28,29)(H,30,31,32)(H,33,34,35)(H,36,37,38);;;;;;;;/t6-,7-,8-,9+,10-,11-,12-,13+,14?;;;;;;;;/m1......../s1. The molecule has 0 spiro atoms. The minimum Gasteiger partial charge on any atom is -0.375 e. The van der Waals surface area contributed by atoms with E-state index in [-0.39, 0.29) is 179 Å². The van der Waals surface area contributed by atoms with Gasteiger partial charge in [0, 0.05) is 179 Å². The van der Waals surface area contributed by atoms with Crippen LogP contribution in [0.1, 0.15) is 0 Å². The Morgan fingerprint density at radius 2 is 0.662 bits per heavy atom. The average Bonchev–Trinajstić information content (AvgIpc) is 3.19. The molecule has 0 saturated carbocycles. The molecule has 428 valence electrons. The SMILES string of the molecule is O=S(=O)(O)OC[C@H]1OC(COC[C@H]2O[C@H](COS(=O)(=O)O)[C@@H](OS(=O)(=O)O)[C@H](OS(=O)(=O)O)[C@H]2OS(=O)(=O)O)(COS(=O)(=O)O)[C@@H](OS(=O)(=O)O)[C@@H]1OS(=O)(=O)O.[Ag].[Ag].[Ag].[Ag].[Ag].[Ag].[Ag].[Ag]. The molecule has 1 unspecified atom stereocenters. The van der Waals surface area contributed by atoms with Crippen LogP contribution in [0.25, 0.3) is 0 Å². The molecule has 0 aromatic heterocycles. The molecule has 0 aliphatic carbocycles. The summed E-state index contributed by atoms with van der Waals surface area (Å²) in [6, 6.07) is 0. The number of hydrogen-bond acceptors (Lipinski definition) is 27. The molecule has 35 nitrogen and oxygen atoms in total. The van der Waals surface area contributed by atoms with Gasteiger partial charge in [0.1, 0.15) is 61.0 Å². The van der Waals surface area contributed by atoms with Crippen LogP contribution in [0.2, 0.25) is 0 Å². The molecule has 8 N–H and O–H groups in total. The summed E-state index contributed by atoms with van der Waals surface area (Å²) in [7, 11) is -46.7. The maximum absolute atomic E-state index is 11.8. The normalized spacial score (nSPS) is 26.3. The van der Waals surface area contributed by atoms with E-state index in [4.69, 9.17) is 23.3 Å². The Labute approximate surface area is 493 Å². The van der Waals surface area contributed by atoms with Crippen LogP contribution in [-0.2, 0) is 310 Å². The summed E-state index contributed by atoms with van der Waals surface area (Å²) in [6.07, 6.45) is -22.8. The summed E-state index contributed by atoms with van der Waals surface area (Å²) < 4.78 is 307.